The van der Waals surface area contributed by atoms with Crippen molar-refractivity contribution in [3.8, 4) is 5.75 Å². The highest BCUT2D eigenvalue weighted by molar-refractivity contribution is 5.94. The Labute approximate surface area is 172 Å². The summed E-state index contributed by atoms with van der Waals surface area (Å²) in [5, 5.41) is 0. The van der Waals surface area contributed by atoms with Crippen molar-refractivity contribution in [2.24, 2.45) is 0 Å². The van der Waals surface area contributed by atoms with E-state index >= 15 is 0 Å². The van der Waals surface area contributed by atoms with Crippen molar-refractivity contribution in [3.63, 3.8) is 0 Å². The Kier molecular flexibility index (Phi) is 5.84. The maximum absolute atomic E-state index is 13.0. The summed E-state index contributed by atoms with van der Waals surface area (Å²) in [5.41, 5.74) is 3.64. The predicted octanol–water partition coefficient (Wildman–Crippen LogP) is 5.02. The molecule has 0 saturated heterocycles. The number of rotatable bonds is 5. The van der Waals surface area contributed by atoms with Crippen LogP contribution in [0, 0.1) is 6.92 Å². The zero-order chi connectivity index (χ0) is 20.2. The number of ether oxygens (including phenoxy) is 1. The molecule has 1 aliphatic carbocycles. The summed E-state index contributed by atoms with van der Waals surface area (Å²) in [6.07, 6.45) is 11.2. The minimum absolute atomic E-state index is 0.0746. The van der Waals surface area contributed by atoms with Crippen molar-refractivity contribution in [2.75, 3.05) is 7.05 Å². The van der Waals surface area contributed by atoms with Gasteiger partial charge < -0.3 is 14.0 Å². The van der Waals surface area contributed by atoms with Crippen LogP contribution in [0.15, 0.2) is 48.8 Å². The Bertz CT molecular complexity index is 987. The summed E-state index contributed by atoms with van der Waals surface area (Å²) < 4.78 is 7.95. The summed E-state index contributed by atoms with van der Waals surface area (Å²) in [4.78, 5) is 19.5. The van der Waals surface area contributed by atoms with E-state index in [0.29, 0.717) is 24.0 Å². The van der Waals surface area contributed by atoms with E-state index in [4.69, 9.17) is 4.74 Å². The molecule has 0 spiro atoms. The molecule has 152 valence electrons. The number of hydrogen-bond acceptors (Lipinski definition) is 3. The molecule has 1 fully saturated rings. The number of pyridine rings is 1. The minimum Gasteiger partial charge on any atom is -0.487 e. The van der Waals surface area contributed by atoms with Gasteiger partial charge in [0.05, 0.1) is 5.69 Å². The fourth-order valence-electron chi connectivity index (χ4n) is 4.12. The van der Waals surface area contributed by atoms with Crippen LogP contribution in [0.3, 0.4) is 0 Å². The lowest BCUT2D eigenvalue weighted by Gasteiger charge is -2.27. The molecule has 0 N–H and O–H groups in total. The molecular weight excluding hydrogens is 362 g/mol. The minimum atomic E-state index is 0.0746. The van der Waals surface area contributed by atoms with Crippen molar-refractivity contribution in [1.29, 1.82) is 0 Å². The Morgan fingerprint density at radius 2 is 1.93 bits per heavy atom. The van der Waals surface area contributed by atoms with Gasteiger partial charge in [-0.2, -0.15) is 0 Å². The number of carbonyl (C=O) groups is 1. The number of carbonyl (C=O) groups excluding carboxylic acids is 1. The summed E-state index contributed by atoms with van der Waals surface area (Å²) in [5.74, 6) is 0.768. The number of fused-ring (bicyclic) bond motifs is 1. The highest BCUT2D eigenvalue weighted by Crippen LogP contribution is 2.23. The van der Waals surface area contributed by atoms with Gasteiger partial charge in [0.25, 0.3) is 5.91 Å². The van der Waals surface area contributed by atoms with Crippen molar-refractivity contribution in [1.82, 2.24) is 14.3 Å². The van der Waals surface area contributed by atoms with Crippen LogP contribution in [-0.4, -0.2) is 33.3 Å². The molecule has 2 heterocycles. The molecule has 0 aliphatic heterocycles. The monoisotopic (exact) mass is 391 g/mol. The van der Waals surface area contributed by atoms with E-state index in [9.17, 15) is 4.79 Å². The molecule has 1 aliphatic rings. The number of hydrogen-bond donors (Lipinski definition) is 0. The van der Waals surface area contributed by atoms with Crippen LogP contribution in [0.2, 0.25) is 0 Å². The fraction of sp³-hybridized carbons (Fsp3) is 0.417. The molecule has 1 aromatic carbocycles. The van der Waals surface area contributed by atoms with Gasteiger partial charge in [0.15, 0.2) is 0 Å². The lowest BCUT2D eigenvalue weighted by atomic mass is 10.1. The lowest BCUT2D eigenvalue weighted by Crippen LogP contribution is -2.36. The molecule has 2 aromatic heterocycles. The van der Waals surface area contributed by atoms with Crippen LogP contribution in [0.1, 0.15) is 60.1 Å². The highest BCUT2D eigenvalue weighted by atomic mass is 16.5. The number of imidazole rings is 1. The molecule has 0 unspecified atom stereocenters. The van der Waals surface area contributed by atoms with Crippen molar-refractivity contribution < 1.29 is 9.53 Å². The van der Waals surface area contributed by atoms with Crippen LogP contribution in [0.25, 0.3) is 5.65 Å². The van der Waals surface area contributed by atoms with Crippen LogP contribution in [-0.2, 0) is 6.61 Å². The molecule has 0 bridgehead atoms. The van der Waals surface area contributed by atoms with E-state index in [0.717, 1.165) is 24.2 Å². The maximum atomic E-state index is 13.0. The van der Waals surface area contributed by atoms with Crippen LogP contribution in [0.5, 0.6) is 5.75 Å². The Morgan fingerprint density at radius 3 is 2.72 bits per heavy atom. The molecule has 5 nitrogen and oxygen atoms in total. The van der Waals surface area contributed by atoms with E-state index in [1.165, 1.54) is 31.2 Å². The molecule has 3 aromatic rings. The second-order valence-electron chi connectivity index (χ2n) is 8.08. The van der Waals surface area contributed by atoms with Gasteiger partial charge in [0.2, 0.25) is 0 Å². The Balaban J connectivity index is 1.42. The number of aryl methyl sites for hydroxylation is 1. The van der Waals surface area contributed by atoms with Gasteiger partial charge in [-0.25, -0.2) is 4.98 Å². The number of aromatic nitrogens is 2. The van der Waals surface area contributed by atoms with Gasteiger partial charge in [-0.3, -0.25) is 4.79 Å². The summed E-state index contributed by atoms with van der Waals surface area (Å²) >= 11 is 0. The third-order valence-electron chi connectivity index (χ3n) is 5.81. The van der Waals surface area contributed by atoms with Crippen LogP contribution in [0.4, 0.5) is 0 Å². The summed E-state index contributed by atoms with van der Waals surface area (Å²) in [6, 6.07) is 11.9. The smallest absolute Gasteiger partial charge is 0.253 e. The second-order valence-corrected chi connectivity index (χ2v) is 8.08. The van der Waals surface area contributed by atoms with Crippen LogP contribution < -0.4 is 4.74 Å². The number of amides is 1. The quantitative estimate of drug-likeness (QED) is 0.574. The topological polar surface area (TPSA) is 46.8 Å². The molecule has 4 rings (SSSR count). The molecular formula is C24H29N3O2. The first-order valence-electron chi connectivity index (χ1n) is 10.5. The Morgan fingerprint density at radius 1 is 1.14 bits per heavy atom. The summed E-state index contributed by atoms with van der Waals surface area (Å²) in [6.45, 7) is 2.43. The first-order chi connectivity index (χ1) is 14.1. The van der Waals surface area contributed by atoms with Gasteiger partial charge in [0.1, 0.15) is 18.0 Å². The molecule has 1 saturated carbocycles. The molecule has 5 heteroatoms. The van der Waals surface area contributed by atoms with E-state index in [-0.39, 0.29) is 5.91 Å². The van der Waals surface area contributed by atoms with Crippen molar-refractivity contribution in [3.05, 3.63) is 65.6 Å². The third kappa shape index (κ3) is 4.61. The van der Waals surface area contributed by atoms with E-state index in [1.54, 1.807) is 0 Å². The van der Waals surface area contributed by atoms with Gasteiger partial charge in [-0.15, -0.1) is 0 Å². The fourth-order valence-corrected chi connectivity index (χ4v) is 4.12. The SMILES string of the molecule is Cc1ccc2nc(COc3cccc(C(=O)N(C)C4CCCCCC4)c3)cn2c1. The van der Waals surface area contributed by atoms with Crippen molar-refractivity contribution in [2.45, 2.75) is 58.1 Å². The zero-order valence-electron chi connectivity index (χ0n) is 17.3. The van der Waals surface area contributed by atoms with Gasteiger partial charge in [0, 0.05) is 31.0 Å². The molecule has 0 atom stereocenters. The number of nitrogens with zero attached hydrogens (tertiary/aromatic N) is 3. The molecule has 0 radical (unpaired) electrons. The predicted molar refractivity (Wildman–Crippen MR) is 114 cm³/mol. The van der Waals surface area contributed by atoms with Gasteiger partial charge in [-0.05, 0) is 49.6 Å². The first kappa shape index (κ1) is 19.5. The van der Waals surface area contributed by atoms with Gasteiger partial charge >= 0.3 is 0 Å². The normalized spacial score (nSPS) is 15.2. The average molecular weight is 392 g/mol. The largest absolute Gasteiger partial charge is 0.487 e. The average Bonchev–Trinajstić information content (AvgIpc) is 2.94. The first-order valence-corrected chi connectivity index (χ1v) is 10.5. The van der Waals surface area contributed by atoms with Crippen LogP contribution >= 0.6 is 0 Å². The third-order valence-corrected chi connectivity index (χ3v) is 5.81. The lowest BCUT2D eigenvalue weighted by molar-refractivity contribution is 0.0717. The maximum Gasteiger partial charge on any atom is 0.253 e. The van der Waals surface area contributed by atoms with Gasteiger partial charge in [-0.1, -0.05) is 37.8 Å². The summed E-state index contributed by atoms with van der Waals surface area (Å²) in [7, 11) is 1.94. The van der Waals surface area contributed by atoms with E-state index in [1.807, 2.05) is 58.9 Å². The molecule has 1 amide bonds. The zero-order valence-corrected chi connectivity index (χ0v) is 17.3. The van der Waals surface area contributed by atoms with E-state index in [2.05, 4.69) is 18.1 Å². The molecule has 29 heavy (non-hydrogen) atoms. The van der Waals surface area contributed by atoms with Crippen molar-refractivity contribution >= 4 is 11.6 Å². The highest BCUT2D eigenvalue weighted by Gasteiger charge is 2.22. The van der Waals surface area contributed by atoms with E-state index < -0.39 is 0 Å². The standard InChI is InChI=1S/C24H29N3O2/c1-18-12-13-23-25-20(16-27(23)15-18)17-29-22-11-7-8-19(14-22)24(28)26(2)21-9-5-3-4-6-10-21/h7-8,11-16,21H,3-6,9-10,17H2,1-2H3. The second kappa shape index (κ2) is 8.68. The Hall–Kier alpha value is -2.82. The number of benzene rings is 1.